The number of amides is 1. The van der Waals surface area contributed by atoms with E-state index in [1.165, 1.54) is 7.11 Å². The lowest BCUT2D eigenvalue weighted by atomic mass is 10.0. The van der Waals surface area contributed by atoms with Crippen LogP contribution in [0.5, 0.6) is 0 Å². The predicted octanol–water partition coefficient (Wildman–Crippen LogP) is 4.16. The Morgan fingerprint density at radius 3 is 2.24 bits per heavy atom. The standard InChI is InChI=1S/C26H42N2O6/c1-6-7-19-33-24(30)22(17-16-20-13-9-8-10-14-20)28-21(23(29)32-5)15-11-12-18-27-25(31)34-26(2,3)4/h8-10,13-14,21-22,28H,6-7,11-12,15-19H2,1-5H3,(H,27,31)/t21-,22-/m0/s1. The SMILES string of the molecule is CCCCOC(=O)[C@H](CCc1ccccc1)N[C@@H](CCCCNC(=O)OC(C)(C)C)C(=O)OC. The molecule has 0 radical (unpaired) electrons. The Labute approximate surface area is 204 Å². The monoisotopic (exact) mass is 478 g/mol. The van der Waals surface area contributed by atoms with Crippen LogP contribution >= 0.6 is 0 Å². The number of esters is 2. The Hall–Kier alpha value is -2.61. The molecule has 8 heteroatoms. The lowest BCUT2D eigenvalue weighted by Crippen LogP contribution is -2.48. The van der Waals surface area contributed by atoms with Crippen molar-refractivity contribution in [2.24, 2.45) is 0 Å². The van der Waals surface area contributed by atoms with Crippen molar-refractivity contribution in [3.63, 3.8) is 0 Å². The molecule has 1 amide bonds. The highest BCUT2D eigenvalue weighted by Crippen LogP contribution is 2.11. The summed E-state index contributed by atoms with van der Waals surface area (Å²) in [4.78, 5) is 36.9. The van der Waals surface area contributed by atoms with E-state index in [9.17, 15) is 14.4 Å². The highest BCUT2D eigenvalue weighted by atomic mass is 16.6. The second-order valence-corrected chi connectivity index (χ2v) is 9.26. The van der Waals surface area contributed by atoms with Crippen LogP contribution < -0.4 is 10.6 Å². The maximum Gasteiger partial charge on any atom is 0.407 e. The van der Waals surface area contributed by atoms with Crippen LogP contribution in [0, 0.1) is 0 Å². The van der Waals surface area contributed by atoms with Crippen LogP contribution in [0.1, 0.15) is 71.8 Å². The molecule has 0 aliphatic carbocycles. The molecule has 0 spiro atoms. The van der Waals surface area contributed by atoms with E-state index in [-0.39, 0.29) is 5.97 Å². The topological polar surface area (TPSA) is 103 Å². The van der Waals surface area contributed by atoms with Gasteiger partial charge in [0.05, 0.1) is 13.7 Å². The summed E-state index contributed by atoms with van der Waals surface area (Å²) in [6, 6.07) is 8.61. The molecule has 0 bridgehead atoms. The first kappa shape index (κ1) is 29.4. The molecule has 1 aromatic carbocycles. The molecule has 0 unspecified atom stereocenters. The Kier molecular flexibility index (Phi) is 13.9. The van der Waals surface area contributed by atoms with Crippen molar-refractivity contribution in [3.05, 3.63) is 35.9 Å². The number of alkyl carbamates (subject to hydrolysis) is 1. The molecule has 0 saturated carbocycles. The van der Waals surface area contributed by atoms with Crippen molar-refractivity contribution in [1.82, 2.24) is 10.6 Å². The van der Waals surface area contributed by atoms with Gasteiger partial charge < -0.3 is 19.5 Å². The summed E-state index contributed by atoms with van der Waals surface area (Å²) in [6.45, 7) is 8.24. The van der Waals surface area contributed by atoms with Crippen LogP contribution in [0.3, 0.4) is 0 Å². The van der Waals surface area contributed by atoms with Gasteiger partial charge in [0.25, 0.3) is 0 Å². The molecule has 0 aliphatic rings. The summed E-state index contributed by atoms with van der Waals surface area (Å²) in [6.07, 6.45) is 4.21. The van der Waals surface area contributed by atoms with E-state index >= 15 is 0 Å². The van der Waals surface area contributed by atoms with Gasteiger partial charge in [-0.2, -0.15) is 0 Å². The van der Waals surface area contributed by atoms with Crippen LogP contribution in [0.25, 0.3) is 0 Å². The van der Waals surface area contributed by atoms with E-state index in [0.717, 1.165) is 18.4 Å². The average molecular weight is 479 g/mol. The number of nitrogens with one attached hydrogen (secondary N) is 2. The predicted molar refractivity (Wildman–Crippen MR) is 131 cm³/mol. The van der Waals surface area contributed by atoms with Crippen molar-refractivity contribution >= 4 is 18.0 Å². The van der Waals surface area contributed by atoms with Crippen LogP contribution in [0.2, 0.25) is 0 Å². The third-order valence-corrected chi connectivity index (χ3v) is 5.07. The summed E-state index contributed by atoms with van der Waals surface area (Å²) in [5.74, 6) is -0.781. The third kappa shape index (κ3) is 13.2. The van der Waals surface area contributed by atoms with Gasteiger partial charge in [-0.15, -0.1) is 0 Å². The lowest BCUT2D eigenvalue weighted by Gasteiger charge is -2.23. The van der Waals surface area contributed by atoms with Crippen LogP contribution in [0.15, 0.2) is 30.3 Å². The number of aryl methyl sites for hydroxylation is 1. The van der Waals surface area contributed by atoms with E-state index in [1.54, 1.807) is 20.8 Å². The fourth-order valence-corrected chi connectivity index (χ4v) is 3.28. The van der Waals surface area contributed by atoms with Crippen LogP contribution in [-0.2, 0) is 30.2 Å². The number of carbonyl (C=O) groups is 3. The highest BCUT2D eigenvalue weighted by molar-refractivity contribution is 5.79. The number of benzene rings is 1. The van der Waals surface area contributed by atoms with Gasteiger partial charge in [0, 0.05) is 6.54 Å². The van der Waals surface area contributed by atoms with Gasteiger partial charge in [-0.25, -0.2) is 4.79 Å². The molecule has 1 rings (SSSR count). The first-order valence-electron chi connectivity index (χ1n) is 12.2. The van der Waals surface area contributed by atoms with E-state index in [2.05, 4.69) is 10.6 Å². The zero-order chi connectivity index (χ0) is 25.4. The van der Waals surface area contributed by atoms with Gasteiger partial charge in [0.15, 0.2) is 0 Å². The Morgan fingerprint density at radius 1 is 0.941 bits per heavy atom. The average Bonchev–Trinajstić information content (AvgIpc) is 2.79. The summed E-state index contributed by atoms with van der Waals surface area (Å²) < 4.78 is 15.6. The van der Waals surface area contributed by atoms with Gasteiger partial charge in [-0.3, -0.25) is 14.9 Å². The first-order chi connectivity index (χ1) is 16.2. The van der Waals surface area contributed by atoms with Crippen molar-refractivity contribution in [3.8, 4) is 0 Å². The fourth-order valence-electron chi connectivity index (χ4n) is 3.28. The molecule has 2 atom stereocenters. The van der Waals surface area contributed by atoms with Gasteiger partial charge in [0.2, 0.25) is 0 Å². The normalized spacial score (nSPS) is 13.0. The Bertz CT molecular complexity index is 733. The molecule has 0 aromatic heterocycles. The number of hydrogen-bond donors (Lipinski definition) is 2. The van der Waals surface area contributed by atoms with Gasteiger partial charge in [-0.1, -0.05) is 43.7 Å². The number of methoxy groups -OCH3 is 1. The lowest BCUT2D eigenvalue weighted by molar-refractivity contribution is -0.148. The minimum Gasteiger partial charge on any atom is -0.468 e. The molecule has 1 aromatic rings. The number of unbranched alkanes of at least 4 members (excludes halogenated alkanes) is 2. The highest BCUT2D eigenvalue weighted by Gasteiger charge is 2.27. The quantitative estimate of drug-likeness (QED) is 0.222. The molecule has 34 heavy (non-hydrogen) atoms. The van der Waals surface area contributed by atoms with Crippen molar-refractivity contribution in [1.29, 1.82) is 0 Å². The molecule has 0 saturated heterocycles. The molecule has 0 heterocycles. The van der Waals surface area contributed by atoms with Crippen molar-refractivity contribution in [2.75, 3.05) is 20.3 Å². The van der Waals surface area contributed by atoms with Crippen molar-refractivity contribution < 1.29 is 28.6 Å². The Morgan fingerprint density at radius 2 is 1.62 bits per heavy atom. The maximum absolute atomic E-state index is 12.8. The second-order valence-electron chi connectivity index (χ2n) is 9.26. The summed E-state index contributed by atoms with van der Waals surface area (Å²) in [7, 11) is 1.33. The maximum atomic E-state index is 12.8. The number of carbonyl (C=O) groups excluding carboxylic acids is 3. The summed E-state index contributed by atoms with van der Waals surface area (Å²) in [5.41, 5.74) is 0.559. The van der Waals surface area contributed by atoms with Gasteiger partial charge in [0.1, 0.15) is 17.7 Å². The van der Waals surface area contributed by atoms with Crippen LogP contribution in [0.4, 0.5) is 4.79 Å². The summed E-state index contributed by atoms with van der Waals surface area (Å²) in [5, 5.41) is 5.88. The smallest absolute Gasteiger partial charge is 0.407 e. The van der Waals surface area contributed by atoms with E-state index in [1.807, 2.05) is 37.3 Å². The third-order valence-electron chi connectivity index (χ3n) is 5.07. The fraction of sp³-hybridized carbons (Fsp3) is 0.654. The first-order valence-corrected chi connectivity index (χ1v) is 12.2. The molecule has 2 N–H and O–H groups in total. The number of rotatable bonds is 15. The van der Waals surface area contributed by atoms with E-state index < -0.39 is 29.7 Å². The number of ether oxygens (including phenoxy) is 3. The molecule has 192 valence electrons. The molecular weight excluding hydrogens is 436 g/mol. The zero-order valence-electron chi connectivity index (χ0n) is 21.4. The Balaban J connectivity index is 2.66. The number of hydrogen-bond acceptors (Lipinski definition) is 7. The molecular formula is C26H42N2O6. The van der Waals surface area contributed by atoms with Gasteiger partial charge in [-0.05, 0) is 64.9 Å². The van der Waals surface area contributed by atoms with Gasteiger partial charge >= 0.3 is 18.0 Å². The molecule has 0 fully saturated rings. The largest absolute Gasteiger partial charge is 0.468 e. The minimum atomic E-state index is -0.647. The van der Waals surface area contributed by atoms with Crippen molar-refractivity contribution in [2.45, 2.75) is 90.3 Å². The molecule has 0 aliphatic heterocycles. The van der Waals surface area contributed by atoms with E-state index in [4.69, 9.17) is 14.2 Å². The van der Waals surface area contributed by atoms with E-state index in [0.29, 0.717) is 45.3 Å². The zero-order valence-corrected chi connectivity index (χ0v) is 21.4. The molecule has 8 nitrogen and oxygen atoms in total. The minimum absolute atomic E-state index is 0.357. The second kappa shape index (κ2) is 16.1. The summed E-state index contributed by atoms with van der Waals surface area (Å²) >= 11 is 0. The van der Waals surface area contributed by atoms with Crippen LogP contribution in [-0.4, -0.2) is 56.0 Å².